The molecule has 1 saturated heterocycles. The molecule has 6 heteroatoms. The summed E-state index contributed by atoms with van der Waals surface area (Å²) in [5.74, 6) is 0.178. The number of benzene rings is 1. The van der Waals surface area contributed by atoms with E-state index in [9.17, 15) is 9.18 Å². The van der Waals surface area contributed by atoms with E-state index in [4.69, 9.17) is 0 Å². The normalized spacial score (nSPS) is 17.7. The van der Waals surface area contributed by atoms with Gasteiger partial charge < -0.3 is 0 Å². The maximum absolute atomic E-state index is 14.6. The Morgan fingerprint density at radius 1 is 1.12 bits per heavy atom. The summed E-state index contributed by atoms with van der Waals surface area (Å²) in [6.45, 7) is 1.02. The van der Waals surface area contributed by atoms with Crippen LogP contribution in [0.25, 0.3) is 10.1 Å². The van der Waals surface area contributed by atoms with E-state index in [2.05, 4.69) is 4.98 Å². The minimum atomic E-state index is -0.348. The van der Waals surface area contributed by atoms with Gasteiger partial charge in [0.25, 0.3) is 0 Å². The highest BCUT2D eigenvalue weighted by atomic mass is 32.1. The Morgan fingerprint density at radius 3 is 2.72 bits per heavy atom. The molecule has 1 aromatic carbocycles. The van der Waals surface area contributed by atoms with Gasteiger partial charge in [-0.25, -0.2) is 9.18 Å². The van der Waals surface area contributed by atoms with Crippen LogP contribution in [0, 0.1) is 5.82 Å². The molecule has 4 nitrogen and oxygen atoms in total. The molecular weight excluding hydrogens is 337 g/mol. The summed E-state index contributed by atoms with van der Waals surface area (Å²) in [6, 6.07) is 7.07. The van der Waals surface area contributed by atoms with Crippen LogP contribution in [0.15, 0.2) is 42.0 Å². The summed E-state index contributed by atoms with van der Waals surface area (Å²) in [7, 11) is 0. The van der Waals surface area contributed by atoms with Crippen LogP contribution in [0.1, 0.15) is 24.3 Å². The molecule has 3 heterocycles. The number of amides is 2. The van der Waals surface area contributed by atoms with Crippen molar-refractivity contribution in [3.63, 3.8) is 0 Å². The predicted molar refractivity (Wildman–Crippen MR) is 98.1 cm³/mol. The van der Waals surface area contributed by atoms with Gasteiger partial charge in [-0.1, -0.05) is 0 Å². The van der Waals surface area contributed by atoms with Gasteiger partial charge >= 0.3 is 6.03 Å². The molecule has 2 fully saturated rings. The van der Waals surface area contributed by atoms with Crippen molar-refractivity contribution in [1.82, 2.24) is 4.98 Å². The number of hydrogen-bond donors (Lipinski definition) is 0. The van der Waals surface area contributed by atoms with Crippen LogP contribution >= 0.6 is 11.3 Å². The second-order valence-corrected chi connectivity index (χ2v) is 7.50. The number of carbonyl (C=O) groups is 1. The number of fused-ring (bicyclic) bond motifs is 1. The fourth-order valence-electron chi connectivity index (χ4n) is 3.53. The first kappa shape index (κ1) is 14.8. The lowest BCUT2D eigenvalue weighted by atomic mass is 10.1. The van der Waals surface area contributed by atoms with Gasteiger partial charge in [0.15, 0.2) is 0 Å². The first-order valence-electron chi connectivity index (χ1n) is 8.42. The summed E-state index contributed by atoms with van der Waals surface area (Å²) in [4.78, 5) is 20.5. The third kappa shape index (κ3) is 2.40. The van der Waals surface area contributed by atoms with Gasteiger partial charge in [-0.15, -0.1) is 11.3 Å². The van der Waals surface area contributed by atoms with Crippen molar-refractivity contribution in [2.75, 3.05) is 22.9 Å². The highest BCUT2D eigenvalue weighted by molar-refractivity contribution is 7.17. The molecule has 1 aliphatic carbocycles. The molecule has 126 valence electrons. The lowest BCUT2D eigenvalue weighted by Gasteiger charge is -2.21. The van der Waals surface area contributed by atoms with E-state index in [-0.39, 0.29) is 11.8 Å². The van der Waals surface area contributed by atoms with E-state index >= 15 is 0 Å². The summed E-state index contributed by atoms with van der Waals surface area (Å²) in [5, 5.41) is 2.90. The number of hydrogen-bond acceptors (Lipinski definition) is 3. The molecule has 2 aliphatic rings. The fourth-order valence-corrected chi connectivity index (χ4v) is 4.32. The van der Waals surface area contributed by atoms with Crippen LogP contribution in [-0.4, -0.2) is 24.1 Å². The molecule has 0 radical (unpaired) electrons. The Bertz CT molecular complexity index is 982. The highest BCUT2D eigenvalue weighted by Crippen LogP contribution is 2.44. The zero-order chi connectivity index (χ0) is 17.0. The second kappa shape index (κ2) is 5.52. The third-order valence-corrected chi connectivity index (χ3v) is 5.84. The zero-order valence-corrected chi connectivity index (χ0v) is 14.3. The number of aromatic nitrogens is 1. The van der Waals surface area contributed by atoms with Crippen molar-refractivity contribution in [2.24, 2.45) is 0 Å². The average molecular weight is 353 g/mol. The number of thiophene rings is 1. The van der Waals surface area contributed by atoms with Crippen LogP contribution in [0.5, 0.6) is 0 Å². The molecule has 0 atom stereocenters. The van der Waals surface area contributed by atoms with Crippen molar-refractivity contribution in [3.8, 4) is 0 Å². The monoisotopic (exact) mass is 353 g/mol. The van der Waals surface area contributed by atoms with Gasteiger partial charge in [0, 0.05) is 24.0 Å². The van der Waals surface area contributed by atoms with Gasteiger partial charge in [-0.05, 0) is 59.4 Å². The molecule has 2 amide bonds. The second-order valence-electron chi connectivity index (χ2n) is 6.56. The summed E-state index contributed by atoms with van der Waals surface area (Å²) >= 11 is 1.50. The highest BCUT2D eigenvalue weighted by Gasteiger charge is 2.36. The number of anilines is 2. The topological polar surface area (TPSA) is 36.4 Å². The minimum absolute atomic E-state index is 0.177. The van der Waals surface area contributed by atoms with E-state index < -0.39 is 0 Å². The van der Waals surface area contributed by atoms with Gasteiger partial charge in [-0.2, -0.15) is 0 Å². The van der Waals surface area contributed by atoms with Crippen LogP contribution in [0.2, 0.25) is 0 Å². The molecule has 25 heavy (non-hydrogen) atoms. The Balaban J connectivity index is 1.51. The van der Waals surface area contributed by atoms with Crippen LogP contribution in [0.3, 0.4) is 0 Å². The van der Waals surface area contributed by atoms with E-state index in [1.54, 1.807) is 23.4 Å². The quantitative estimate of drug-likeness (QED) is 0.681. The standard InChI is InChI=1S/C19H16FN3OS/c20-15-10-18-13(4-8-25-18)9-16(15)22-6-7-23(19(22)24)17-11-21-5-3-14(17)12-1-2-12/h3-5,8-12H,1-2,6-7H2. The van der Waals surface area contributed by atoms with Crippen molar-refractivity contribution < 1.29 is 9.18 Å². The summed E-state index contributed by atoms with van der Waals surface area (Å²) in [5.41, 5.74) is 2.41. The van der Waals surface area contributed by atoms with Crippen LogP contribution in [0.4, 0.5) is 20.6 Å². The van der Waals surface area contributed by atoms with Gasteiger partial charge in [0.2, 0.25) is 0 Å². The molecule has 2 aromatic heterocycles. The van der Waals surface area contributed by atoms with Gasteiger partial charge in [-0.3, -0.25) is 14.8 Å². The van der Waals surface area contributed by atoms with Crippen molar-refractivity contribution in [1.29, 1.82) is 0 Å². The Hall–Kier alpha value is -2.47. The van der Waals surface area contributed by atoms with E-state index in [1.165, 1.54) is 27.9 Å². The smallest absolute Gasteiger partial charge is 0.290 e. The number of urea groups is 1. The lowest BCUT2D eigenvalue weighted by molar-refractivity contribution is 0.255. The number of pyridine rings is 1. The molecule has 0 unspecified atom stereocenters. The molecular formula is C19H16FN3OS. The van der Waals surface area contributed by atoms with E-state index in [1.807, 2.05) is 17.5 Å². The largest absolute Gasteiger partial charge is 0.329 e. The van der Waals surface area contributed by atoms with Crippen molar-refractivity contribution in [2.45, 2.75) is 18.8 Å². The van der Waals surface area contributed by atoms with Crippen molar-refractivity contribution in [3.05, 3.63) is 53.4 Å². The summed E-state index contributed by atoms with van der Waals surface area (Å²) < 4.78 is 15.4. The Kier molecular flexibility index (Phi) is 3.28. The molecule has 3 aromatic rings. The lowest BCUT2D eigenvalue weighted by Crippen LogP contribution is -2.32. The number of carbonyl (C=O) groups excluding carboxylic acids is 1. The number of halogens is 1. The molecule has 0 bridgehead atoms. The van der Waals surface area contributed by atoms with Gasteiger partial charge in [0.05, 0.1) is 17.6 Å². The van der Waals surface area contributed by atoms with Crippen molar-refractivity contribution >= 4 is 38.8 Å². The number of rotatable bonds is 3. The molecule has 1 saturated carbocycles. The van der Waals surface area contributed by atoms with E-state index in [0.29, 0.717) is 24.7 Å². The zero-order valence-electron chi connectivity index (χ0n) is 13.5. The van der Waals surface area contributed by atoms with Crippen LogP contribution < -0.4 is 9.80 Å². The van der Waals surface area contributed by atoms with E-state index in [0.717, 1.165) is 28.6 Å². The molecule has 0 N–H and O–H groups in total. The summed E-state index contributed by atoms with van der Waals surface area (Å²) in [6.07, 6.45) is 5.85. The molecule has 0 spiro atoms. The fraction of sp³-hybridized carbons (Fsp3) is 0.263. The first-order valence-corrected chi connectivity index (χ1v) is 9.30. The first-order chi connectivity index (χ1) is 12.2. The maximum Gasteiger partial charge on any atom is 0.329 e. The average Bonchev–Trinajstić information content (AvgIpc) is 3.26. The Labute approximate surface area is 148 Å². The Morgan fingerprint density at radius 2 is 1.92 bits per heavy atom. The van der Waals surface area contributed by atoms with Gasteiger partial charge in [0.1, 0.15) is 5.82 Å². The molecule has 5 rings (SSSR count). The SMILES string of the molecule is O=C1N(c2cc3ccsc3cc2F)CCN1c1cnccc1C1CC1. The number of nitrogens with zero attached hydrogens (tertiary/aromatic N) is 3. The third-order valence-electron chi connectivity index (χ3n) is 4.96. The minimum Gasteiger partial charge on any atom is -0.290 e. The maximum atomic E-state index is 14.6. The predicted octanol–water partition coefficient (Wildman–Crippen LogP) is 4.76. The van der Waals surface area contributed by atoms with Crippen LogP contribution in [-0.2, 0) is 0 Å². The molecule has 1 aliphatic heterocycles.